The first-order valence-electron chi connectivity index (χ1n) is 8.79. The number of hydrogen-bond donors (Lipinski definition) is 2. The summed E-state index contributed by atoms with van der Waals surface area (Å²) >= 11 is 0. The molecule has 0 aromatic rings. The summed E-state index contributed by atoms with van der Waals surface area (Å²) in [4.78, 5) is 23.7. The fraction of sp³-hybridized carbons (Fsp3) is 0.882. The van der Waals surface area contributed by atoms with Gasteiger partial charge < -0.3 is 19.9 Å². The summed E-state index contributed by atoms with van der Waals surface area (Å²) in [6, 6.07) is 0.0982. The molecule has 7 atom stereocenters. The number of hydrogen-bond acceptors (Lipinski definition) is 5. The SMILES string of the molecule is CCOC(=O)N[C@H]1CC[C@H]2[C@H](C1)C[C@@H]1C(=O)O[C@@H](C)[C@@H]1[C@@H]2CO. The van der Waals surface area contributed by atoms with E-state index in [1.54, 1.807) is 6.92 Å². The highest BCUT2D eigenvalue weighted by Crippen LogP contribution is 2.52. The topological polar surface area (TPSA) is 84.9 Å². The fourth-order valence-electron chi connectivity index (χ4n) is 5.19. The molecule has 3 aliphatic rings. The molecule has 1 aliphatic heterocycles. The molecular formula is C17H27NO5. The fourth-order valence-corrected chi connectivity index (χ4v) is 5.19. The Kier molecular flexibility index (Phi) is 4.80. The van der Waals surface area contributed by atoms with Crippen LogP contribution in [0.2, 0.25) is 0 Å². The van der Waals surface area contributed by atoms with E-state index in [0.717, 1.165) is 25.7 Å². The summed E-state index contributed by atoms with van der Waals surface area (Å²) < 4.78 is 10.4. The second kappa shape index (κ2) is 6.67. The van der Waals surface area contributed by atoms with Crippen LogP contribution in [0.15, 0.2) is 0 Å². The van der Waals surface area contributed by atoms with Crippen LogP contribution in [0.4, 0.5) is 4.79 Å². The summed E-state index contributed by atoms with van der Waals surface area (Å²) in [6.45, 7) is 4.21. The molecule has 0 aromatic heterocycles. The maximum absolute atomic E-state index is 12.1. The molecule has 0 aromatic carbocycles. The van der Waals surface area contributed by atoms with Crippen molar-refractivity contribution in [2.24, 2.45) is 29.6 Å². The predicted molar refractivity (Wildman–Crippen MR) is 82.5 cm³/mol. The second-order valence-corrected chi connectivity index (χ2v) is 7.21. The zero-order valence-electron chi connectivity index (χ0n) is 13.9. The molecule has 0 bridgehead atoms. The molecule has 23 heavy (non-hydrogen) atoms. The Labute approximate surface area is 136 Å². The van der Waals surface area contributed by atoms with Gasteiger partial charge in [0, 0.05) is 18.6 Å². The standard InChI is InChI=1S/C17H27NO5/c1-3-22-17(21)18-11-4-5-12-10(6-11)7-13-15(14(12)8-19)9(2)23-16(13)20/h9-15,19H,3-8H2,1-2H3,(H,18,21)/t9-,10+,11-,12-,13-,14+,15-/m0/s1. The lowest BCUT2D eigenvalue weighted by molar-refractivity contribution is -0.144. The number of rotatable bonds is 3. The van der Waals surface area contributed by atoms with Crippen molar-refractivity contribution in [3.63, 3.8) is 0 Å². The molecule has 0 radical (unpaired) electrons. The maximum Gasteiger partial charge on any atom is 0.407 e. The number of ether oxygens (including phenoxy) is 2. The van der Waals surface area contributed by atoms with Gasteiger partial charge in [-0.1, -0.05) is 0 Å². The van der Waals surface area contributed by atoms with E-state index in [4.69, 9.17) is 9.47 Å². The number of alkyl carbamates (subject to hydrolysis) is 1. The normalized spacial score (nSPS) is 42.4. The van der Waals surface area contributed by atoms with E-state index in [2.05, 4.69) is 5.32 Å². The van der Waals surface area contributed by atoms with Gasteiger partial charge in [-0.2, -0.15) is 0 Å². The highest BCUT2D eigenvalue weighted by Gasteiger charge is 2.55. The van der Waals surface area contributed by atoms with Gasteiger partial charge in [0.1, 0.15) is 6.10 Å². The van der Waals surface area contributed by atoms with E-state index in [1.807, 2.05) is 6.92 Å². The van der Waals surface area contributed by atoms with Crippen LogP contribution in [0.5, 0.6) is 0 Å². The predicted octanol–water partition coefficient (Wildman–Crippen LogP) is 1.71. The molecule has 6 heteroatoms. The summed E-state index contributed by atoms with van der Waals surface area (Å²) in [7, 11) is 0. The van der Waals surface area contributed by atoms with E-state index in [9.17, 15) is 14.7 Å². The van der Waals surface area contributed by atoms with E-state index < -0.39 is 0 Å². The van der Waals surface area contributed by atoms with Gasteiger partial charge in [-0.05, 0) is 57.3 Å². The quantitative estimate of drug-likeness (QED) is 0.772. The van der Waals surface area contributed by atoms with Crippen LogP contribution in [0.3, 0.4) is 0 Å². The molecule has 3 rings (SSSR count). The van der Waals surface area contributed by atoms with Gasteiger partial charge in [-0.25, -0.2) is 4.79 Å². The molecule has 2 saturated carbocycles. The lowest BCUT2D eigenvalue weighted by Gasteiger charge is -2.47. The smallest absolute Gasteiger partial charge is 0.407 e. The van der Waals surface area contributed by atoms with Crippen molar-refractivity contribution in [2.75, 3.05) is 13.2 Å². The Morgan fingerprint density at radius 2 is 2.17 bits per heavy atom. The number of esters is 1. The Morgan fingerprint density at radius 1 is 1.39 bits per heavy atom. The minimum atomic E-state index is -0.364. The van der Waals surface area contributed by atoms with Crippen molar-refractivity contribution in [3.05, 3.63) is 0 Å². The molecule has 6 nitrogen and oxygen atoms in total. The number of cyclic esters (lactones) is 1. The Balaban J connectivity index is 1.69. The number of aliphatic hydroxyl groups is 1. The minimum absolute atomic E-state index is 0.0928. The first kappa shape index (κ1) is 16.6. The zero-order valence-corrected chi connectivity index (χ0v) is 13.9. The largest absolute Gasteiger partial charge is 0.462 e. The molecule has 1 amide bonds. The number of carbonyl (C=O) groups excluding carboxylic acids is 2. The highest BCUT2D eigenvalue weighted by atomic mass is 16.6. The lowest BCUT2D eigenvalue weighted by Crippen LogP contribution is -2.49. The Hall–Kier alpha value is -1.30. The van der Waals surface area contributed by atoms with Gasteiger partial charge in [0.25, 0.3) is 0 Å². The maximum atomic E-state index is 12.1. The van der Waals surface area contributed by atoms with E-state index in [1.165, 1.54) is 0 Å². The first-order chi connectivity index (χ1) is 11.0. The monoisotopic (exact) mass is 325 g/mol. The van der Waals surface area contributed by atoms with Crippen molar-refractivity contribution in [2.45, 2.75) is 51.7 Å². The summed E-state index contributed by atoms with van der Waals surface area (Å²) in [5, 5.41) is 12.8. The van der Waals surface area contributed by atoms with Gasteiger partial charge in [0.05, 0.1) is 12.5 Å². The number of amides is 1. The molecule has 0 unspecified atom stereocenters. The van der Waals surface area contributed by atoms with Gasteiger partial charge in [-0.15, -0.1) is 0 Å². The minimum Gasteiger partial charge on any atom is -0.462 e. The summed E-state index contributed by atoms with van der Waals surface area (Å²) in [5.41, 5.74) is 0. The molecule has 1 heterocycles. The molecule has 2 N–H and O–H groups in total. The van der Waals surface area contributed by atoms with Crippen LogP contribution in [0.25, 0.3) is 0 Å². The van der Waals surface area contributed by atoms with Crippen LogP contribution in [-0.2, 0) is 14.3 Å². The molecule has 0 spiro atoms. The van der Waals surface area contributed by atoms with Crippen molar-refractivity contribution in [1.82, 2.24) is 5.32 Å². The van der Waals surface area contributed by atoms with Crippen molar-refractivity contribution in [3.8, 4) is 0 Å². The molecule has 2 aliphatic carbocycles. The van der Waals surface area contributed by atoms with Gasteiger partial charge >= 0.3 is 12.1 Å². The van der Waals surface area contributed by atoms with Gasteiger partial charge in [0.15, 0.2) is 0 Å². The Morgan fingerprint density at radius 3 is 2.87 bits per heavy atom. The van der Waals surface area contributed by atoms with Crippen LogP contribution in [0.1, 0.15) is 39.5 Å². The molecule has 130 valence electrons. The molecular weight excluding hydrogens is 298 g/mol. The summed E-state index contributed by atoms with van der Waals surface area (Å²) in [5.74, 6) is 0.835. The third-order valence-corrected chi connectivity index (χ3v) is 6.06. The lowest BCUT2D eigenvalue weighted by atomic mass is 9.57. The number of carbonyl (C=O) groups is 2. The number of fused-ring (bicyclic) bond motifs is 2. The molecule has 3 fully saturated rings. The third-order valence-electron chi connectivity index (χ3n) is 6.06. The van der Waals surface area contributed by atoms with Crippen molar-refractivity contribution >= 4 is 12.1 Å². The Bertz CT molecular complexity index is 468. The van der Waals surface area contributed by atoms with Crippen molar-refractivity contribution in [1.29, 1.82) is 0 Å². The van der Waals surface area contributed by atoms with E-state index in [-0.39, 0.29) is 48.6 Å². The van der Waals surface area contributed by atoms with Gasteiger partial charge in [0.2, 0.25) is 0 Å². The van der Waals surface area contributed by atoms with E-state index in [0.29, 0.717) is 18.4 Å². The average Bonchev–Trinajstić information content (AvgIpc) is 2.79. The number of nitrogens with one attached hydrogen (secondary N) is 1. The summed E-state index contributed by atoms with van der Waals surface area (Å²) in [6.07, 6.45) is 3.08. The second-order valence-electron chi connectivity index (χ2n) is 7.21. The molecule has 1 saturated heterocycles. The third kappa shape index (κ3) is 3.05. The number of aliphatic hydroxyl groups excluding tert-OH is 1. The van der Waals surface area contributed by atoms with Crippen LogP contribution < -0.4 is 5.32 Å². The first-order valence-corrected chi connectivity index (χ1v) is 8.79. The van der Waals surface area contributed by atoms with Gasteiger partial charge in [-0.3, -0.25) is 4.79 Å². The van der Waals surface area contributed by atoms with Crippen LogP contribution in [-0.4, -0.2) is 42.5 Å². The van der Waals surface area contributed by atoms with E-state index >= 15 is 0 Å². The zero-order chi connectivity index (χ0) is 16.6. The van der Waals surface area contributed by atoms with Crippen LogP contribution >= 0.6 is 0 Å². The average molecular weight is 325 g/mol. The van der Waals surface area contributed by atoms with Crippen LogP contribution in [0, 0.1) is 29.6 Å². The highest BCUT2D eigenvalue weighted by molar-refractivity contribution is 5.75. The van der Waals surface area contributed by atoms with Crippen molar-refractivity contribution < 1.29 is 24.2 Å².